The predicted octanol–water partition coefficient (Wildman–Crippen LogP) is 1.56. The smallest absolute Gasteiger partial charge is 0.251 e. The van der Waals surface area contributed by atoms with Gasteiger partial charge in [0, 0.05) is 24.2 Å². The molecule has 2 rings (SSSR count). The number of carbonyl (C=O) groups is 2. The maximum absolute atomic E-state index is 12.2. The minimum absolute atomic E-state index is 0.115. The van der Waals surface area contributed by atoms with E-state index in [1.54, 1.807) is 24.3 Å². The van der Waals surface area contributed by atoms with Crippen molar-refractivity contribution in [1.29, 1.82) is 0 Å². The second-order valence-electron chi connectivity index (χ2n) is 5.76. The SMILES string of the molecule is CCCNC(=O)c1cccc(C(=O)NCC2CCCNC2)c1. The normalized spacial score (nSPS) is 17.8. The van der Waals surface area contributed by atoms with Crippen molar-refractivity contribution < 1.29 is 9.59 Å². The van der Waals surface area contributed by atoms with Crippen LogP contribution in [0.4, 0.5) is 0 Å². The average Bonchev–Trinajstić information content (AvgIpc) is 2.58. The zero-order valence-electron chi connectivity index (χ0n) is 13.2. The Morgan fingerprint density at radius 1 is 1.23 bits per heavy atom. The highest BCUT2D eigenvalue weighted by Gasteiger charge is 2.15. The van der Waals surface area contributed by atoms with Crippen LogP contribution < -0.4 is 16.0 Å². The van der Waals surface area contributed by atoms with Gasteiger partial charge in [0.2, 0.25) is 0 Å². The molecule has 5 heteroatoms. The number of nitrogens with one attached hydrogen (secondary N) is 3. The lowest BCUT2D eigenvalue weighted by molar-refractivity contribution is 0.0945. The van der Waals surface area contributed by atoms with Crippen molar-refractivity contribution in [3.8, 4) is 0 Å². The van der Waals surface area contributed by atoms with Gasteiger partial charge < -0.3 is 16.0 Å². The van der Waals surface area contributed by atoms with Gasteiger partial charge in [0.1, 0.15) is 0 Å². The fraction of sp³-hybridized carbons (Fsp3) is 0.529. The van der Waals surface area contributed by atoms with Crippen LogP contribution in [0.25, 0.3) is 0 Å². The first-order valence-electron chi connectivity index (χ1n) is 8.08. The Morgan fingerprint density at radius 3 is 2.59 bits per heavy atom. The molecule has 0 bridgehead atoms. The molecule has 1 aromatic carbocycles. The van der Waals surface area contributed by atoms with E-state index in [2.05, 4.69) is 16.0 Å². The summed E-state index contributed by atoms with van der Waals surface area (Å²) in [5.74, 6) is 0.248. The molecule has 3 N–H and O–H groups in total. The van der Waals surface area contributed by atoms with Crippen LogP contribution in [-0.4, -0.2) is 38.0 Å². The molecule has 0 saturated carbocycles. The lowest BCUT2D eigenvalue weighted by Crippen LogP contribution is -2.38. The molecule has 0 aromatic heterocycles. The van der Waals surface area contributed by atoms with E-state index in [4.69, 9.17) is 0 Å². The van der Waals surface area contributed by atoms with Gasteiger partial charge in [0.05, 0.1) is 0 Å². The Labute approximate surface area is 131 Å². The maximum Gasteiger partial charge on any atom is 0.251 e. The van der Waals surface area contributed by atoms with Crippen LogP contribution in [0, 0.1) is 5.92 Å². The van der Waals surface area contributed by atoms with Gasteiger partial charge in [0.15, 0.2) is 0 Å². The molecule has 1 heterocycles. The van der Waals surface area contributed by atoms with Crippen LogP contribution in [0.1, 0.15) is 46.9 Å². The topological polar surface area (TPSA) is 70.2 Å². The first kappa shape index (κ1) is 16.5. The van der Waals surface area contributed by atoms with Gasteiger partial charge in [-0.2, -0.15) is 0 Å². The van der Waals surface area contributed by atoms with Gasteiger partial charge in [-0.25, -0.2) is 0 Å². The first-order valence-corrected chi connectivity index (χ1v) is 8.08. The number of carbonyl (C=O) groups excluding carboxylic acids is 2. The third kappa shape index (κ3) is 4.84. The van der Waals surface area contributed by atoms with Crippen molar-refractivity contribution in [1.82, 2.24) is 16.0 Å². The quantitative estimate of drug-likeness (QED) is 0.747. The minimum atomic E-state index is -0.131. The summed E-state index contributed by atoms with van der Waals surface area (Å²) in [5.41, 5.74) is 1.06. The molecule has 1 saturated heterocycles. The predicted molar refractivity (Wildman–Crippen MR) is 87.0 cm³/mol. The molecule has 2 amide bonds. The molecular formula is C17H25N3O2. The first-order chi connectivity index (χ1) is 10.7. The molecule has 1 aromatic rings. The van der Waals surface area contributed by atoms with Crippen molar-refractivity contribution in [2.24, 2.45) is 5.92 Å². The number of amides is 2. The maximum atomic E-state index is 12.2. The molecule has 1 unspecified atom stereocenters. The average molecular weight is 303 g/mol. The van der Waals surface area contributed by atoms with Crippen LogP contribution >= 0.6 is 0 Å². The molecule has 22 heavy (non-hydrogen) atoms. The molecule has 5 nitrogen and oxygen atoms in total. The van der Waals surface area contributed by atoms with E-state index < -0.39 is 0 Å². The molecule has 0 radical (unpaired) electrons. The van der Waals surface area contributed by atoms with Gasteiger partial charge in [-0.05, 0) is 56.5 Å². The third-order valence-electron chi connectivity index (χ3n) is 3.87. The van der Waals surface area contributed by atoms with Crippen LogP contribution in [-0.2, 0) is 0 Å². The summed E-state index contributed by atoms with van der Waals surface area (Å²) in [6.07, 6.45) is 3.20. The number of piperidine rings is 1. The van der Waals surface area contributed by atoms with E-state index >= 15 is 0 Å². The molecule has 0 aliphatic carbocycles. The van der Waals surface area contributed by atoms with Crippen LogP contribution in [0.15, 0.2) is 24.3 Å². The fourth-order valence-corrected chi connectivity index (χ4v) is 2.58. The molecule has 1 aliphatic heterocycles. The third-order valence-corrected chi connectivity index (χ3v) is 3.87. The van der Waals surface area contributed by atoms with E-state index in [9.17, 15) is 9.59 Å². The fourth-order valence-electron chi connectivity index (χ4n) is 2.58. The van der Waals surface area contributed by atoms with E-state index in [1.165, 1.54) is 0 Å². The van der Waals surface area contributed by atoms with Crippen LogP contribution in [0.3, 0.4) is 0 Å². The summed E-state index contributed by atoms with van der Waals surface area (Å²) in [6, 6.07) is 6.87. The van der Waals surface area contributed by atoms with E-state index in [-0.39, 0.29) is 11.8 Å². The van der Waals surface area contributed by atoms with Crippen molar-refractivity contribution in [3.05, 3.63) is 35.4 Å². The standard InChI is InChI=1S/C17H25N3O2/c1-2-8-19-16(21)14-6-3-7-15(10-14)17(22)20-12-13-5-4-9-18-11-13/h3,6-7,10,13,18H,2,4-5,8-9,11-12H2,1H3,(H,19,21)(H,20,22). The second-order valence-corrected chi connectivity index (χ2v) is 5.76. The summed E-state index contributed by atoms with van der Waals surface area (Å²) in [6.45, 7) is 5.35. The zero-order chi connectivity index (χ0) is 15.8. The monoisotopic (exact) mass is 303 g/mol. The van der Waals surface area contributed by atoms with Crippen molar-refractivity contribution in [2.45, 2.75) is 26.2 Å². The Balaban J connectivity index is 1.90. The molecule has 0 spiro atoms. The summed E-state index contributed by atoms with van der Waals surface area (Å²) in [5, 5.41) is 9.12. The van der Waals surface area contributed by atoms with E-state index in [0.717, 1.165) is 32.4 Å². The van der Waals surface area contributed by atoms with Gasteiger partial charge in [-0.15, -0.1) is 0 Å². The molecule has 1 fully saturated rings. The Kier molecular flexibility index (Phi) is 6.40. The molecule has 1 atom stereocenters. The summed E-state index contributed by atoms with van der Waals surface area (Å²) in [7, 11) is 0. The highest BCUT2D eigenvalue weighted by atomic mass is 16.2. The van der Waals surface area contributed by atoms with Crippen LogP contribution in [0.5, 0.6) is 0 Å². The van der Waals surface area contributed by atoms with Gasteiger partial charge in [0.25, 0.3) is 11.8 Å². The number of benzene rings is 1. The summed E-state index contributed by atoms with van der Waals surface area (Å²) in [4.78, 5) is 24.1. The van der Waals surface area contributed by atoms with Gasteiger partial charge >= 0.3 is 0 Å². The number of hydrogen-bond donors (Lipinski definition) is 3. The van der Waals surface area contributed by atoms with Crippen LogP contribution in [0.2, 0.25) is 0 Å². The van der Waals surface area contributed by atoms with Crippen molar-refractivity contribution in [2.75, 3.05) is 26.2 Å². The van der Waals surface area contributed by atoms with E-state index in [0.29, 0.717) is 30.1 Å². The number of hydrogen-bond acceptors (Lipinski definition) is 3. The molecular weight excluding hydrogens is 278 g/mol. The highest BCUT2D eigenvalue weighted by molar-refractivity contribution is 5.99. The Morgan fingerprint density at radius 2 is 1.95 bits per heavy atom. The number of rotatable bonds is 6. The van der Waals surface area contributed by atoms with Crippen molar-refractivity contribution >= 4 is 11.8 Å². The van der Waals surface area contributed by atoms with E-state index in [1.807, 2.05) is 6.92 Å². The lowest BCUT2D eigenvalue weighted by Gasteiger charge is -2.22. The zero-order valence-corrected chi connectivity index (χ0v) is 13.2. The summed E-state index contributed by atoms with van der Waals surface area (Å²) < 4.78 is 0. The highest BCUT2D eigenvalue weighted by Crippen LogP contribution is 2.10. The lowest BCUT2D eigenvalue weighted by atomic mass is 9.99. The molecule has 120 valence electrons. The summed E-state index contributed by atoms with van der Waals surface area (Å²) >= 11 is 0. The second kappa shape index (κ2) is 8.54. The van der Waals surface area contributed by atoms with Crippen molar-refractivity contribution in [3.63, 3.8) is 0 Å². The Bertz CT molecular complexity index is 510. The Hall–Kier alpha value is -1.88. The minimum Gasteiger partial charge on any atom is -0.352 e. The largest absolute Gasteiger partial charge is 0.352 e. The molecule has 1 aliphatic rings. The van der Waals surface area contributed by atoms with Gasteiger partial charge in [-0.1, -0.05) is 13.0 Å². The van der Waals surface area contributed by atoms with Gasteiger partial charge in [-0.3, -0.25) is 9.59 Å².